The van der Waals surface area contributed by atoms with E-state index in [1.807, 2.05) is 13.0 Å². The van der Waals surface area contributed by atoms with E-state index in [9.17, 15) is 10.1 Å². The number of nitro groups is 1. The smallest absolute Gasteiger partial charge is 0.275 e. The van der Waals surface area contributed by atoms with Gasteiger partial charge in [-0.3, -0.25) is 10.1 Å². The monoisotopic (exact) mass is 262 g/mol. The van der Waals surface area contributed by atoms with Crippen molar-refractivity contribution in [3.05, 3.63) is 52.5 Å². The predicted octanol–water partition coefficient (Wildman–Crippen LogP) is 3.20. The molecule has 100 valence electrons. The fraction of sp³-hybridized carbons (Fsp3) is 0.231. The van der Waals surface area contributed by atoms with Crippen LogP contribution in [0.4, 0.5) is 11.4 Å². The molecule has 0 fully saturated rings. The quantitative estimate of drug-likeness (QED) is 0.639. The second kappa shape index (κ2) is 5.90. The van der Waals surface area contributed by atoms with Crippen molar-refractivity contribution in [2.45, 2.75) is 13.5 Å². The summed E-state index contributed by atoms with van der Waals surface area (Å²) < 4.78 is 10.3. The van der Waals surface area contributed by atoms with Gasteiger partial charge in [0.2, 0.25) is 0 Å². The van der Waals surface area contributed by atoms with Crippen molar-refractivity contribution in [2.75, 3.05) is 11.9 Å². The second-order valence-electron chi connectivity index (χ2n) is 3.89. The largest absolute Gasteiger partial charge is 0.494 e. The summed E-state index contributed by atoms with van der Waals surface area (Å²) in [6.45, 7) is 2.82. The Morgan fingerprint density at radius 1 is 1.42 bits per heavy atom. The number of benzene rings is 1. The van der Waals surface area contributed by atoms with E-state index in [-0.39, 0.29) is 5.69 Å². The molecule has 1 aromatic carbocycles. The van der Waals surface area contributed by atoms with Crippen molar-refractivity contribution in [1.29, 1.82) is 0 Å². The number of hydrogen-bond donors (Lipinski definition) is 1. The van der Waals surface area contributed by atoms with Gasteiger partial charge in [-0.2, -0.15) is 0 Å². The van der Waals surface area contributed by atoms with Gasteiger partial charge in [0.05, 0.1) is 30.1 Å². The van der Waals surface area contributed by atoms with Crippen LogP contribution in [0.15, 0.2) is 41.2 Å². The van der Waals surface area contributed by atoms with Crippen molar-refractivity contribution in [3.8, 4) is 5.75 Å². The summed E-state index contributed by atoms with van der Waals surface area (Å²) in [6.07, 6.45) is 3.20. The summed E-state index contributed by atoms with van der Waals surface area (Å²) in [5.41, 5.74) is 1.60. The Labute approximate surface area is 110 Å². The molecule has 0 radical (unpaired) electrons. The van der Waals surface area contributed by atoms with Gasteiger partial charge in [0.1, 0.15) is 5.75 Å². The maximum atomic E-state index is 10.8. The Hall–Kier alpha value is -2.50. The van der Waals surface area contributed by atoms with Crippen LogP contribution in [-0.2, 0) is 6.54 Å². The summed E-state index contributed by atoms with van der Waals surface area (Å²) in [5.74, 6) is 0.478. The van der Waals surface area contributed by atoms with Gasteiger partial charge in [-0.05, 0) is 13.0 Å². The van der Waals surface area contributed by atoms with E-state index < -0.39 is 4.92 Å². The van der Waals surface area contributed by atoms with Gasteiger partial charge in [0.25, 0.3) is 5.69 Å². The first-order valence-corrected chi connectivity index (χ1v) is 5.86. The Morgan fingerprint density at radius 2 is 2.26 bits per heavy atom. The van der Waals surface area contributed by atoms with E-state index in [0.29, 0.717) is 24.6 Å². The van der Waals surface area contributed by atoms with Crippen LogP contribution < -0.4 is 10.1 Å². The highest BCUT2D eigenvalue weighted by Gasteiger charge is 2.10. The van der Waals surface area contributed by atoms with Crippen LogP contribution in [0, 0.1) is 10.1 Å². The standard InChI is InChI=1S/C13H14N2O4/c1-2-19-13-6-11(5-12(7-13)15(16)17)14-8-10-3-4-18-9-10/h3-7,9,14H,2,8H2,1H3. The average Bonchev–Trinajstić information content (AvgIpc) is 2.89. The molecule has 0 atom stereocenters. The molecule has 0 bridgehead atoms. The zero-order chi connectivity index (χ0) is 13.7. The van der Waals surface area contributed by atoms with Crippen LogP contribution in [0.1, 0.15) is 12.5 Å². The second-order valence-corrected chi connectivity index (χ2v) is 3.89. The first-order chi connectivity index (χ1) is 9.19. The Morgan fingerprint density at radius 3 is 2.89 bits per heavy atom. The number of ether oxygens (including phenoxy) is 1. The zero-order valence-corrected chi connectivity index (χ0v) is 10.5. The number of anilines is 1. The molecule has 6 nitrogen and oxygen atoms in total. The third kappa shape index (κ3) is 3.48. The van der Waals surface area contributed by atoms with Crippen LogP contribution in [0.3, 0.4) is 0 Å². The molecule has 0 saturated heterocycles. The molecular weight excluding hydrogens is 248 g/mol. The summed E-state index contributed by atoms with van der Waals surface area (Å²) >= 11 is 0. The number of nitrogens with one attached hydrogen (secondary N) is 1. The van der Waals surface area contributed by atoms with Crippen molar-refractivity contribution in [1.82, 2.24) is 0 Å². The van der Waals surface area contributed by atoms with E-state index >= 15 is 0 Å². The number of nitrogens with zero attached hydrogens (tertiary/aromatic N) is 1. The molecule has 2 rings (SSSR count). The maximum Gasteiger partial charge on any atom is 0.275 e. The number of hydrogen-bond acceptors (Lipinski definition) is 5. The summed E-state index contributed by atoms with van der Waals surface area (Å²) in [5, 5.41) is 13.9. The Balaban J connectivity index is 2.16. The van der Waals surface area contributed by atoms with E-state index in [1.165, 1.54) is 12.1 Å². The number of nitro benzene ring substituents is 1. The highest BCUT2D eigenvalue weighted by atomic mass is 16.6. The summed E-state index contributed by atoms with van der Waals surface area (Å²) in [7, 11) is 0. The lowest BCUT2D eigenvalue weighted by Gasteiger charge is -2.08. The van der Waals surface area contributed by atoms with Gasteiger partial charge in [0, 0.05) is 29.9 Å². The Kier molecular flexibility index (Phi) is 4.02. The van der Waals surface area contributed by atoms with Gasteiger partial charge in [-0.1, -0.05) is 0 Å². The summed E-state index contributed by atoms with van der Waals surface area (Å²) in [6, 6.07) is 6.44. The third-order valence-electron chi connectivity index (χ3n) is 2.49. The topological polar surface area (TPSA) is 77.5 Å². The van der Waals surface area contributed by atoms with Gasteiger partial charge in [0.15, 0.2) is 0 Å². The lowest BCUT2D eigenvalue weighted by molar-refractivity contribution is -0.384. The zero-order valence-electron chi connectivity index (χ0n) is 10.5. The van der Waals surface area contributed by atoms with Gasteiger partial charge in [-0.25, -0.2) is 0 Å². The first-order valence-electron chi connectivity index (χ1n) is 5.86. The molecule has 1 heterocycles. The minimum atomic E-state index is -0.439. The SMILES string of the molecule is CCOc1cc(NCc2ccoc2)cc([N+](=O)[O-])c1. The van der Waals surface area contributed by atoms with E-state index in [1.54, 1.807) is 18.6 Å². The Bertz CT molecular complexity index is 552. The number of furan rings is 1. The fourth-order valence-electron chi connectivity index (χ4n) is 1.64. The van der Waals surface area contributed by atoms with Crippen LogP contribution in [0.5, 0.6) is 5.75 Å². The highest BCUT2D eigenvalue weighted by Crippen LogP contribution is 2.26. The van der Waals surface area contributed by atoms with Crippen LogP contribution in [-0.4, -0.2) is 11.5 Å². The number of rotatable bonds is 6. The van der Waals surface area contributed by atoms with Crippen molar-refractivity contribution in [3.63, 3.8) is 0 Å². The molecule has 0 aliphatic heterocycles. The third-order valence-corrected chi connectivity index (χ3v) is 2.49. The van der Waals surface area contributed by atoms with Crippen LogP contribution >= 0.6 is 0 Å². The molecule has 1 N–H and O–H groups in total. The number of non-ortho nitro benzene ring substituents is 1. The molecule has 0 spiro atoms. The van der Waals surface area contributed by atoms with E-state index in [2.05, 4.69) is 5.32 Å². The predicted molar refractivity (Wildman–Crippen MR) is 70.3 cm³/mol. The molecule has 0 aliphatic rings. The van der Waals surface area contributed by atoms with E-state index in [0.717, 1.165) is 5.56 Å². The minimum Gasteiger partial charge on any atom is -0.494 e. The van der Waals surface area contributed by atoms with Gasteiger partial charge >= 0.3 is 0 Å². The summed E-state index contributed by atoms with van der Waals surface area (Å²) in [4.78, 5) is 10.4. The molecule has 0 amide bonds. The minimum absolute atomic E-state index is 0.000596. The van der Waals surface area contributed by atoms with Crippen molar-refractivity contribution < 1.29 is 14.1 Å². The van der Waals surface area contributed by atoms with Crippen LogP contribution in [0.25, 0.3) is 0 Å². The van der Waals surface area contributed by atoms with Crippen molar-refractivity contribution >= 4 is 11.4 Å². The maximum absolute atomic E-state index is 10.8. The molecule has 1 aromatic heterocycles. The van der Waals surface area contributed by atoms with Gasteiger partial charge in [-0.15, -0.1) is 0 Å². The van der Waals surface area contributed by atoms with E-state index in [4.69, 9.17) is 9.15 Å². The molecular formula is C13H14N2O4. The first kappa shape index (κ1) is 12.9. The molecule has 0 saturated carbocycles. The molecule has 6 heteroatoms. The average molecular weight is 262 g/mol. The molecule has 19 heavy (non-hydrogen) atoms. The van der Waals surface area contributed by atoms with Crippen LogP contribution in [0.2, 0.25) is 0 Å². The van der Waals surface area contributed by atoms with Gasteiger partial charge < -0.3 is 14.5 Å². The highest BCUT2D eigenvalue weighted by molar-refractivity contribution is 5.56. The normalized spacial score (nSPS) is 10.2. The lowest BCUT2D eigenvalue weighted by Crippen LogP contribution is -2.01. The molecule has 2 aromatic rings. The molecule has 0 unspecified atom stereocenters. The van der Waals surface area contributed by atoms with Crippen molar-refractivity contribution in [2.24, 2.45) is 0 Å². The fourth-order valence-corrected chi connectivity index (χ4v) is 1.64. The molecule has 0 aliphatic carbocycles. The lowest BCUT2D eigenvalue weighted by atomic mass is 10.2.